The zero-order valence-electron chi connectivity index (χ0n) is 6.44. The third kappa shape index (κ3) is 1.58. The zero-order chi connectivity index (χ0) is 10.3. The van der Waals surface area contributed by atoms with Gasteiger partial charge in [0.05, 0.1) is 10.2 Å². The highest BCUT2D eigenvalue weighted by atomic mass is 35.5. The number of halogens is 2. The fourth-order valence-electron chi connectivity index (χ4n) is 0.924. The number of aromatic nitrogens is 2. The van der Waals surface area contributed by atoms with Crippen LogP contribution in [0.2, 0.25) is 5.15 Å². The summed E-state index contributed by atoms with van der Waals surface area (Å²) in [5.41, 5.74) is 0.325. The number of rotatable bonds is 1. The average molecular weight is 253 g/mol. The lowest BCUT2D eigenvalue weighted by molar-refractivity contribution is 0.554. The highest BCUT2D eigenvalue weighted by molar-refractivity contribution is 7.88. The van der Waals surface area contributed by atoms with Gasteiger partial charge in [0.2, 0.25) is 0 Å². The number of hydrogen-bond donors (Lipinski definition) is 0. The highest BCUT2D eigenvalue weighted by Gasteiger charge is 2.17. The van der Waals surface area contributed by atoms with E-state index in [0.717, 1.165) is 6.07 Å². The monoisotopic (exact) mass is 252 g/mol. The SMILES string of the molecule is O=S(=O)(F)c1cc2ncnc(Cl)c2s1. The molecule has 0 N–H and O–H groups in total. The third-order valence-electron chi connectivity index (χ3n) is 1.49. The van der Waals surface area contributed by atoms with E-state index in [-0.39, 0.29) is 5.15 Å². The molecule has 0 aliphatic rings. The van der Waals surface area contributed by atoms with Gasteiger partial charge in [0.25, 0.3) is 0 Å². The Bertz CT molecular complexity index is 595. The van der Waals surface area contributed by atoms with Crippen LogP contribution in [0, 0.1) is 0 Å². The predicted octanol–water partition coefficient (Wildman–Crippen LogP) is 2.00. The van der Waals surface area contributed by atoms with E-state index in [0.29, 0.717) is 21.6 Å². The molecule has 74 valence electrons. The van der Waals surface area contributed by atoms with Gasteiger partial charge >= 0.3 is 10.2 Å². The number of thiophene rings is 1. The first-order valence-corrected chi connectivity index (χ1v) is 5.91. The van der Waals surface area contributed by atoms with Crippen LogP contribution in [0.25, 0.3) is 10.2 Å². The van der Waals surface area contributed by atoms with Crippen molar-refractivity contribution in [2.45, 2.75) is 4.21 Å². The molecule has 2 aromatic rings. The minimum atomic E-state index is -4.69. The molecule has 2 rings (SSSR count). The van der Waals surface area contributed by atoms with E-state index >= 15 is 0 Å². The quantitative estimate of drug-likeness (QED) is 0.575. The molecule has 0 unspecified atom stereocenters. The Labute approximate surface area is 87.6 Å². The Balaban J connectivity index is 2.81. The second-order valence-corrected chi connectivity index (χ2v) is 5.37. The summed E-state index contributed by atoms with van der Waals surface area (Å²) in [7, 11) is -4.69. The Morgan fingerprint density at radius 2 is 2.14 bits per heavy atom. The van der Waals surface area contributed by atoms with Crippen LogP contribution in [0.5, 0.6) is 0 Å². The maximum atomic E-state index is 12.6. The van der Waals surface area contributed by atoms with Crippen LogP contribution >= 0.6 is 22.9 Å². The lowest BCUT2D eigenvalue weighted by Gasteiger charge is -1.87. The molecule has 0 aromatic carbocycles. The Morgan fingerprint density at radius 1 is 1.43 bits per heavy atom. The summed E-state index contributed by atoms with van der Waals surface area (Å²) in [4.78, 5) is 7.41. The number of hydrogen-bond acceptors (Lipinski definition) is 5. The summed E-state index contributed by atoms with van der Waals surface area (Å²) in [6.07, 6.45) is 1.19. The van der Waals surface area contributed by atoms with E-state index < -0.39 is 14.4 Å². The predicted molar refractivity (Wildman–Crippen MR) is 50.7 cm³/mol. The smallest absolute Gasteiger partial charge is 0.235 e. The fraction of sp³-hybridized carbons (Fsp3) is 0. The minimum Gasteiger partial charge on any atom is -0.235 e. The van der Waals surface area contributed by atoms with E-state index in [1.165, 1.54) is 6.33 Å². The van der Waals surface area contributed by atoms with Crippen molar-refractivity contribution in [2.75, 3.05) is 0 Å². The first-order chi connectivity index (χ1) is 6.48. The van der Waals surface area contributed by atoms with Gasteiger partial charge in [-0.2, -0.15) is 8.42 Å². The molecular weight excluding hydrogens is 251 g/mol. The van der Waals surface area contributed by atoms with E-state index in [9.17, 15) is 12.3 Å². The second-order valence-electron chi connectivity index (χ2n) is 2.38. The van der Waals surface area contributed by atoms with Gasteiger partial charge in [0.15, 0.2) is 4.21 Å². The maximum Gasteiger partial charge on any atom is 0.341 e. The molecule has 0 atom stereocenters. The molecule has 0 aliphatic carbocycles. The van der Waals surface area contributed by atoms with Crippen molar-refractivity contribution < 1.29 is 12.3 Å². The van der Waals surface area contributed by atoms with E-state index in [2.05, 4.69) is 9.97 Å². The highest BCUT2D eigenvalue weighted by Crippen LogP contribution is 2.32. The molecule has 2 heterocycles. The zero-order valence-corrected chi connectivity index (χ0v) is 8.83. The molecule has 8 heteroatoms. The van der Waals surface area contributed by atoms with Crippen molar-refractivity contribution in [3.05, 3.63) is 17.5 Å². The molecule has 0 spiro atoms. The van der Waals surface area contributed by atoms with Crippen LogP contribution in [0.4, 0.5) is 3.89 Å². The van der Waals surface area contributed by atoms with Crippen LogP contribution in [-0.2, 0) is 10.2 Å². The van der Waals surface area contributed by atoms with Gasteiger partial charge in [-0.15, -0.1) is 11.3 Å². The maximum absolute atomic E-state index is 12.6. The Morgan fingerprint density at radius 3 is 2.71 bits per heavy atom. The van der Waals surface area contributed by atoms with Crippen molar-refractivity contribution in [2.24, 2.45) is 0 Å². The third-order valence-corrected chi connectivity index (χ3v) is 4.26. The van der Waals surface area contributed by atoms with E-state index in [1.807, 2.05) is 0 Å². The first-order valence-electron chi connectivity index (χ1n) is 3.33. The molecule has 0 saturated heterocycles. The van der Waals surface area contributed by atoms with Crippen molar-refractivity contribution in [1.29, 1.82) is 0 Å². The van der Waals surface area contributed by atoms with Gasteiger partial charge in [-0.1, -0.05) is 15.5 Å². The van der Waals surface area contributed by atoms with Gasteiger partial charge < -0.3 is 0 Å². The summed E-state index contributed by atoms with van der Waals surface area (Å²) < 4.78 is 33.7. The number of fused-ring (bicyclic) bond motifs is 1. The second kappa shape index (κ2) is 3.11. The summed E-state index contributed by atoms with van der Waals surface area (Å²) in [5.74, 6) is 0. The van der Waals surface area contributed by atoms with Crippen molar-refractivity contribution in [3.63, 3.8) is 0 Å². The largest absolute Gasteiger partial charge is 0.341 e. The van der Waals surface area contributed by atoms with Gasteiger partial charge in [-0.05, 0) is 6.07 Å². The van der Waals surface area contributed by atoms with E-state index in [1.54, 1.807) is 0 Å². The summed E-state index contributed by atoms with van der Waals surface area (Å²) in [6.45, 7) is 0. The molecular formula is C6H2ClFN2O2S2. The summed E-state index contributed by atoms with van der Waals surface area (Å²) in [6, 6.07) is 1.13. The molecule has 0 amide bonds. The molecule has 0 aliphatic heterocycles. The van der Waals surface area contributed by atoms with Gasteiger partial charge in [0, 0.05) is 0 Å². The van der Waals surface area contributed by atoms with Crippen molar-refractivity contribution >= 4 is 43.4 Å². The van der Waals surface area contributed by atoms with Gasteiger partial charge in [-0.25, -0.2) is 9.97 Å². The van der Waals surface area contributed by atoms with Crippen molar-refractivity contribution in [1.82, 2.24) is 9.97 Å². The van der Waals surface area contributed by atoms with Crippen LogP contribution in [0.1, 0.15) is 0 Å². The molecule has 0 fully saturated rings. The van der Waals surface area contributed by atoms with Gasteiger partial charge in [-0.3, -0.25) is 0 Å². The molecule has 0 saturated carbocycles. The summed E-state index contributed by atoms with van der Waals surface area (Å²) in [5, 5.41) is 0.120. The lowest BCUT2D eigenvalue weighted by Crippen LogP contribution is -1.85. The topological polar surface area (TPSA) is 59.9 Å². The van der Waals surface area contributed by atoms with Crippen molar-refractivity contribution in [3.8, 4) is 0 Å². The molecule has 14 heavy (non-hydrogen) atoms. The fourth-order valence-corrected chi connectivity index (χ4v) is 2.81. The first kappa shape index (κ1) is 9.75. The Kier molecular flexibility index (Phi) is 2.17. The molecule has 0 bridgehead atoms. The van der Waals surface area contributed by atoms with Crippen LogP contribution < -0.4 is 0 Å². The normalized spacial score (nSPS) is 12.1. The average Bonchev–Trinajstić information content (AvgIpc) is 2.48. The van der Waals surface area contributed by atoms with E-state index in [4.69, 9.17) is 11.6 Å². The molecule has 0 radical (unpaired) electrons. The lowest BCUT2D eigenvalue weighted by atomic mass is 10.5. The molecule has 4 nitrogen and oxygen atoms in total. The number of nitrogens with zero attached hydrogens (tertiary/aromatic N) is 2. The van der Waals surface area contributed by atoms with Crippen LogP contribution in [0.15, 0.2) is 16.6 Å². The molecule has 2 aromatic heterocycles. The van der Waals surface area contributed by atoms with Crippen LogP contribution in [0.3, 0.4) is 0 Å². The minimum absolute atomic E-state index is 0.120. The van der Waals surface area contributed by atoms with Gasteiger partial charge in [0.1, 0.15) is 11.5 Å². The Hall–Kier alpha value is -0.790. The van der Waals surface area contributed by atoms with Crippen LogP contribution in [-0.4, -0.2) is 18.4 Å². The summed E-state index contributed by atoms with van der Waals surface area (Å²) >= 11 is 6.37. The standard InChI is InChI=1S/C6H2ClFN2O2S2/c7-6-5-3(9-2-10-6)1-4(13-5)14(8,11)12/h1-2H.